The molecule has 0 aromatic carbocycles. The number of nitrogens with zero attached hydrogens (tertiary/aromatic N) is 3. The Morgan fingerprint density at radius 1 is 1.28 bits per heavy atom. The summed E-state index contributed by atoms with van der Waals surface area (Å²) in [6.07, 6.45) is 5.92. The van der Waals surface area contributed by atoms with Crippen molar-refractivity contribution in [3.8, 4) is 5.88 Å². The van der Waals surface area contributed by atoms with Gasteiger partial charge in [-0.05, 0) is 57.1 Å². The van der Waals surface area contributed by atoms with E-state index in [2.05, 4.69) is 22.1 Å². The number of carbonyl (C=O) groups is 1. The number of guanidine groups is 1. The number of aromatic nitrogens is 1. The average Bonchev–Trinajstić information content (AvgIpc) is 3.55. The molecule has 1 aromatic heterocycles. The van der Waals surface area contributed by atoms with Gasteiger partial charge in [-0.1, -0.05) is 0 Å². The van der Waals surface area contributed by atoms with Gasteiger partial charge in [-0.2, -0.15) is 0 Å². The summed E-state index contributed by atoms with van der Waals surface area (Å²) in [7, 11) is 0. The molecule has 1 aliphatic carbocycles. The summed E-state index contributed by atoms with van der Waals surface area (Å²) in [4.78, 5) is 23.3. The van der Waals surface area contributed by atoms with Gasteiger partial charge in [-0.3, -0.25) is 4.79 Å². The molecule has 0 atom stereocenters. The lowest BCUT2D eigenvalue weighted by Gasteiger charge is -2.33. The molecular weight excluding hydrogens is 483 g/mol. The Morgan fingerprint density at radius 2 is 2.03 bits per heavy atom. The summed E-state index contributed by atoms with van der Waals surface area (Å²) >= 11 is 0. The number of halogens is 1. The molecule has 8 heteroatoms. The van der Waals surface area contributed by atoms with Crippen LogP contribution in [0.15, 0.2) is 23.3 Å². The highest BCUT2D eigenvalue weighted by Crippen LogP contribution is 2.29. The molecule has 2 heterocycles. The third kappa shape index (κ3) is 7.64. The zero-order valence-electron chi connectivity index (χ0n) is 17.4. The Balaban J connectivity index is 0.00000300. The Kier molecular flexibility index (Phi) is 9.96. The van der Waals surface area contributed by atoms with Gasteiger partial charge in [0.25, 0.3) is 0 Å². The third-order valence-corrected chi connectivity index (χ3v) is 5.12. The van der Waals surface area contributed by atoms with E-state index in [0.29, 0.717) is 24.9 Å². The lowest BCUT2D eigenvalue weighted by molar-refractivity contribution is -0.149. The summed E-state index contributed by atoms with van der Waals surface area (Å²) in [5.41, 5.74) is 1.08. The van der Waals surface area contributed by atoms with Crippen molar-refractivity contribution < 1.29 is 14.3 Å². The molecule has 1 N–H and O–H groups in total. The van der Waals surface area contributed by atoms with Crippen molar-refractivity contribution in [3.05, 3.63) is 23.9 Å². The molecule has 1 aromatic rings. The number of rotatable bonds is 8. The fourth-order valence-corrected chi connectivity index (χ4v) is 3.29. The number of pyridine rings is 1. The van der Waals surface area contributed by atoms with Crippen molar-refractivity contribution in [2.24, 2.45) is 16.8 Å². The standard InChI is InChI=1S/C21H32N4O3.HI/c1-3-22-21(25-11-8-18(9-12-25)20(26)27-4-2)24-14-17-7-10-23-19(13-17)28-15-16-5-6-16;/h7,10,13,16,18H,3-6,8-9,11-12,14-15H2,1-2H3,(H,22,24);1H. The maximum absolute atomic E-state index is 11.9. The van der Waals surface area contributed by atoms with Crippen LogP contribution in [0.2, 0.25) is 0 Å². The number of likely N-dealkylation sites (tertiary alicyclic amines) is 1. The van der Waals surface area contributed by atoms with Crippen LogP contribution in [0.25, 0.3) is 0 Å². The Hall–Kier alpha value is -1.58. The Labute approximate surface area is 190 Å². The molecule has 0 unspecified atom stereocenters. The highest BCUT2D eigenvalue weighted by Gasteiger charge is 2.27. The number of piperidine rings is 1. The molecular formula is C21H33IN4O3. The molecule has 1 saturated heterocycles. The van der Waals surface area contributed by atoms with Gasteiger partial charge in [-0.15, -0.1) is 24.0 Å². The molecule has 0 radical (unpaired) electrons. The van der Waals surface area contributed by atoms with Gasteiger partial charge in [0.15, 0.2) is 5.96 Å². The smallest absolute Gasteiger partial charge is 0.309 e. The summed E-state index contributed by atoms with van der Waals surface area (Å²) in [5.74, 6) is 2.22. The second-order valence-corrected chi connectivity index (χ2v) is 7.44. The lowest BCUT2D eigenvalue weighted by Crippen LogP contribution is -2.46. The Bertz CT molecular complexity index is 674. The van der Waals surface area contributed by atoms with E-state index in [9.17, 15) is 4.79 Å². The number of hydrogen-bond donors (Lipinski definition) is 1. The quantitative estimate of drug-likeness (QED) is 0.248. The van der Waals surface area contributed by atoms with Crippen LogP contribution in [-0.2, 0) is 16.1 Å². The van der Waals surface area contributed by atoms with Crippen molar-refractivity contribution in [1.29, 1.82) is 0 Å². The summed E-state index contributed by atoms with van der Waals surface area (Å²) < 4.78 is 10.9. The average molecular weight is 516 g/mol. The Morgan fingerprint density at radius 3 is 2.69 bits per heavy atom. The molecule has 2 aliphatic rings. The lowest BCUT2D eigenvalue weighted by atomic mass is 9.97. The van der Waals surface area contributed by atoms with Crippen molar-refractivity contribution >= 4 is 35.9 Å². The number of carbonyl (C=O) groups excluding carboxylic acids is 1. The first-order chi connectivity index (χ1) is 13.7. The van der Waals surface area contributed by atoms with Gasteiger partial charge in [0.2, 0.25) is 5.88 Å². The van der Waals surface area contributed by atoms with Gasteiger partial charge in [-0.25, -0.2) is 9.98 Å². The molecule has 0 amide bonds. The number of esters is 1. The van der Waals surface area contributed by atoms with Crippen molar-refractivity contribution in [2.45, 2.75) is 46.1 Å². The zero-order valence-corrected chi connectivity index (χ0v) is 19.8. The molecule has 2 fully saturated rings. The second-order valence-electron chi connectivity index (χ2n) is 7.44. The molecule has 29 heavy (non-hydrogen) atoms. The van der Waals surface area contributed by atoms with Gasteiger partial charge < -0.3 is 19.7 Å². The maximum atomic E-state index is 11.9. The predicted molar refractivity (Wildman–Crippen MR) is 124 cm³/mol. The highest BCUT2D eigenvalue weighted by molar-refractivity contribution is 14.0. The van der Waals surface area contributed by atoms with Crippen LogP contribution in [0.1, 0.15) is 45.1 Å². The van der Waals surface area contributed by atoms with Crippen molar-refractivity contribution in [2.75, 3.05) is 32.8 Å². The normalized spacial score (nSPS) is 17.4. The number of ether oxygens (including phenoxy) is 2. The molecule has 7 nitrogen and oxygen atoms in total. The largest absolute Gasteiger partial charge is 0.477 e. The third-order valence-electron chi connectivity index (χ3n) is 5.12. The van der Waals surface area contributed by atoms with E-state index in [1.165, 1.54) is 12.8 Å². The van der Waals surface area contributed by atoms with E-state index in [-0.39, 0.29) is 35.9 Å². The van der Waals surface area contributed by atoms with E-state index < -0.39 is 0 Å². The first kappa shape index (κ1) is 23.7. The van der Waals surface area contributed by atoms with E-state index in [1.807, 2.05) is 19.1 Å². The number of nitrogens with one attached hydrogen (secondary N) is 1. The van der Waals surface area contributed by atoms with Crippen molar-refractivity contribution in [1.82, 2.24) is 15.2 Å². The molecule has 1 aliphatic heterocycles. The van der Waals surface area contributed by atoms with Gasteiger partial charge in [0, 0.05) is 31.9 Å². The fraction of sp³-hybridized carbons (Fsp3) is 0.667. The monoisotopic (exact) mass is 516 g/mol. The van der Waals surface area contributed by atoms with E-state index in [4.69, 9.17) is 14.5 Å². The van der Waals surface area contributed by atoms with E-state index in [1.54, 1.807) is 6.20 Å². The highest BCUT2D eigenvalue weighted by atomic mass is 127. The second kappa shape index (κ2) is 12.2. The number of aliphatic imine (C=N–C) groups is 1. The van der Waals surface area contributed by atoms with Gasteiger partial charge >= 0.3 is 5.97 Å². The minimum Gasteiger partial charge on any atom is -0.477 e. The molecule has 3 rings (SSSR count). The fourth-order valence-electron chi connectivity index (χ4n) is 3.29. The maximum Gasteiger partial charge on any atom is 0.309 e. The predicted octanol–water partition coefficient (Wildman–Crippen LogP) is 3.23. The first-order valence-electron chi connectivity index (χ1n) is 10.5. The minimum atomic E-state index is -0.0698. The van der Waals surface area contributed by atoms with Crippen LogP contribution < -0.4 is 10.1 Å². The van der Waals surface area contributed by atoms with Crippen LogP contribution in [0.3, 0.4) is 0 Å². The number of hydrogen-bond acceptors (Lipinski definition) is 5. The van der Waals surface area contributed by atoms with E-state index >= 15 is 0 Å². The first-order valence-corrected chi connectivity index (χ1v) is 10.5. The van der Waals surface area contributed by atoms with Crippen LogP contribution in [0.4, 0.5) is 0 Å². The summed E-state index contributed by atoms with van der Waals surface area (Å²) in [6.45, 7) is 8.12. The van der Waals surface area contributed by atoms with Crippen molar-refractivity contribution in [3.63, 3.8) is 0 Å². The van der Waals surface area contributed by atoms with E-state index in [0.717, 1.165) is 50.6 Å². The van der Waals surface area contributed by atoms with Crippen LogP contribution in [-0.4, -0.2) is 54.7 Å². The van der Waals surface area contributed by atoms with Gasteiger partial charge in [0.05, 0.1) is 25.7 Å². The molecule has 0 bridgehead atoms. The van der Waals surface area contributed by atoms with Crippen LogP contribution in [0.5, 0.6) is 5.88 Å². The molecule has 1 saturated carbocycles. The zero-order chi connectivity index (χ0) is 19.8. The van der Waals surface area contributed by atoms with Gasteiger partial charge in [0.1, 0.15) is 0 Å². The SMILES string of the molecule is CCNC(=NCc1ccnc(OCC2CC2)c1)N1CCC(C(=O)OCC)CC1.I. The van der Waals surface area contributed by atoms with Crippen LogP contribution in [0, 0.1) is 11.8 Å². The molecule has 0 spiro atoms. The topological polar surface area (TPSA) is 76.1 Å². The minimum absolute atomic E-state index is 0. The molecule has 162 valence electrons. The van der Waals surface area contributed by atoms with Crippen LogP contribution >= 0.6 is 24.0 Å². The summed E-state index contributed by atoms with van der Waals surface area (Å²) in [6, 6.07) is 3.95. The summed E-state index contributed by atoms with van der Waals surface area (Å²) in [5, 5.41) is 3.37.